The Kier molecular flexibility index (Phi) is 2.93. The highest BCUT2D eigenvalue weighted by Crippen LogP contribution is 2.34. The summed E-state index contributed by atoms with van der Waals surface area (Å²) in [5, 5.41) is 3.21. The van der Waals surface area contributed by atoms with Gasteiger partial charge in [-0.05, 0) is 41.8 Å². The van der Waals surface area contributed by atoms with Crippen LogP contribution in [0.4, 0.5) is 21.5 Å². The summed E-state index contributed by atoms with van der Waals surface area (Å²) in [6.07, 6.45) is 0. The van der Waals surface area contributed by atoms with E-state index in [0.717, 1.165) is 11.3 Å². The van der Waals surface area contributed by atoms with E-state index in [2.05, 4.69) is 24.2 Å². The molecule has 0 atom stereocenters. The first-order valence-corrected chi connectivity index (χ1v) is 6.59. The van der Waals surface area contributed by atoms with Gasteiger partial charge in [0, 0.05) is 11.3 Å². The molecular formula is C16H16FN3. The summed E-state index contributed by atoms with van der Waals surface area (Å²) in [6.45, 7) is 4.26. The highest BCUT2D eigenvalue weighted by atomic mass is 19.1. The number of benzene rings is 2. The van der Waals surface area contributed by atoms with Crippen LogP contribution in [0.1, 0.15) is 30.9 Å². The highest BCUT2D eigenvalue weighted by Gasteiger charge is 2.16. The molecular weight excluding hydrogens is 253 g/mol. The Morgan fingerprint density at radius 3 is 2.65 bits per heavy atom. The molecule has 0 saturated heterocycles. The molecule has 1 aliphatic rings. The number of hydrogen-bond donors (Lipinski definition) is 2. The van der Waals surface area contributed by atoms with Crippen molar-refractivity contribution in [2.24, 2.45) is 10.7 Å². The zero-order valence-corrected chi connectivity index (χ0v) is 11.4. The van der Waals surface area contributed by atoms with Crippen LogP contribution in [0.2, 0.25) is 0 Å². The number of hydrogen-bond acceptors (Lipinski definition) is 3. The number of fused-ring (bicyclic) bond motifs is 2. The van der Waals surface area contributed by atoms with Crippen LogP contribution >= 0.6 is 0 Å². The minimum atomic E-state index is -0.299. The lowest BCUT2D eigenvalue weighted by atomic mass is 9.99. The van der Waals surface area contributed by atoms with Crippen molar-refractivity contribution in [2.45, 2.75) is 19.8 Å². The third kappa shape index (κ3) is 2.13. The molecule has 3 N–H and O–H groups in total. The van der Waals surface area contributed by atoms with Gasteiger partial charge in [-0.15, -0.1) is 0 Å². The molecule has 4 heteroatoms. The fraction of sp³-hybridized carbons (Fsp3) is 0.188. The Labute approximate surface area is 117 Å². The molecule has 20 heavy (non-hydrogen) atoms. The van der Waals surface area contributed by atoms with Gasteiger partial charge in [0.15, 0.2) is 0 Å². The molecule has 2 aromatic carbocycles. The van der Waals surface area contributed by atoms with E-state index in [9.17, 15) is 4.39 Å². The number of nitrogens with zero attached hydrogens (tertiary/aromatic N) is 1. The molecule has 0 radical (unpaired) electrons. The van der Waals surface area contributed by atoms with E-state index in [0.29, 0.717) is 23.1 Å². The third-order valence-corrected chi connectivity index (χ3v) is 3.46. The van der Waals surface area contributed by atoms with Crippen molar-refractivity contribution in [3.05, 3.63) is 53.3 Å². The first-order valence-electron chi connectivity index (χ1n) is 6.59. The van der Waals surface area contributed by atoms with Gasteiger partial charge in [0.25, 0.3) is 0 Å². The predicted molar refractivity (Wildman–Crippen MR) is 80.6 cm³/mol. The maximum atomic E-state index is 13.4. The topological polar surface area (TPSA) is 50.4 Å². The second kappa shape index (κ2) is 4.63. The van der Waals surface area contributed by atoms with Crippen molar-refractivity contribution in [2.75, 3.05) is 5.32 Å². The Hall–Kier alpha value is -2.36. The number of amidine groups is 1. The molecule has 0 saturated carbocycles. The fourth-order valence-corrected chi connectivity index (χ4v) is 2.28. The van der Waals surface area contributed by atoms with E-state index in [1.165, 1.54) is 17.7 Å². The number of aliphatic imine (C=N–C) groups is 1. The maximum Gasteiger partial charge on any atom is 0.133 e. The average molecular weight is 269 g/mol. The maximum absolute atomic E-state index is 13.4. The minimum Gasteiger partial charge on any atom is -0.383 e. The second-order valence-electron chi connectivity index (χ2n) is 5.24. The van der Waals surface area contributed by atoms with Crippen molar-refractivity contribution in [1.82, 2.24) is 0 Å². The van der Waals surface area contributed by atoms with Gasteiger partial charge in [0.2, 0.25) is 0 Å². The summed E-state index contributed by atoms with van der Waals surface area (Å²) in [7, 11) is 0. The zero-order chi connectivity index (χ0) is 14.3. The average Bonchev–Trinajstić information content (AvgIpc) is 2.54. The Morgan fingerprint density at radius 1 is 1.10 bits per heavy atom. The number of nitrogens with one attached hydrogen (secondary N) is 1. The molecule has 0 fully saturated rings. The summed E-state index contributed by atoms with van der Waals surface area (Å²) in [4.78, 5) is 4.39. The van der Waals surface area contributed by atoms with E-state index in [1.807, 2.05) is 18.2 Å². The first kappa shape index (κ1) is 12.7. The number of nitrogens with two attached hydrogens (primary N) is 1. The van der Waals surface area contributed by atoms with Gasteiger partial charge < -0.3 is 11.1 Å². The largest absolute Gasteiger partial charge is 0.383 e. The van der Waals surface area contributed by atoms with Crippen LogP contribution in [0.25, 0.3) is 0 Å². The van der Waals surface area contributed by atoms with Crippen LogP contribution in [0.15, 0.2) is 41.4 Å². The van der Waals surface area contributed by atoms with Crippen LogP contribution in [0.3, 0.4) is 0 Å². The van der Waals surface area contributed by atoms with Crippen LogP contribution in [-0.2, 0) is 0 Å². The molecule has 0 aromatic heterocycles. The van der Waals surface area contributed by atoms with Crippen LogP contribution in [0, 0.1) is 5.82 Å². The van der Waals surface area contributed by atoms with Crippen LogP contribution < -0.4 is 11.1 Å². The van der Waals surface area contributed by atoms with E-state index < -0.39 is 0 Å². The molecule has 3 nitrogen and oxygen atoms in total. The van der Waals surface area contributed by atoms with Gasteiger partial charge in [-0.3, -0.25) is 0 Å². The Bertz CT molecular complexity index is 705. The molecule has 3 rings (SSSR count). The minimum absolute atomic E-state index is 0.299. The van der Waals surface area contributed by atoms with E-state index in [1.54, 1.807) is 6.07 Å². The van der Waals surface area contributed by atoms with Gasteiger partial charge in [-0.25, -0.2) is 9.38 Å². The first-order chi connectivity index (χ1) is 9.54. The summed E-state index contributed by atoms with van der Waals surface area (Å²) >= 11 is 0. The van der Waals surface area contributed by atoms with E-state index >= 15 is 0 Å². The second-order valence-corrected chi connectivity index (χ2v) is 5.24. The molecule has 0 bridgehead atoms. The van der Waals surface area contributed by atoms with E-state index in [4.69, 9.17) is 5.73 Å². The number of halogens is 1. The van der Waals surface area contributed by atoms with Crippen molar-refractivity contribution in [1.29, 1.82) is 0 Å². The summed E-state index contributed by atoms with van der Waals surface area (Å²) in [5.41, 5.74) is 10.3. The number of anilines is 2. The molecule has 2 aromatic rings. The molecule has 1 aliphatic heterocycles. The van der Waals surface area contributed by atoms with Gasteiger partial charge in [0.05, 0.1) is 11.4 Å². The van der Waals surface area contributed by atoms with Gasteiger partial charge in [-0.1, -0.05) is 19.9 Å². The number of rotatable bonds is 1. The fourth-order valence-electron chi connectivity index (χ4n) is 2.28. The van der Waals surface area contributed by atoms with Crippen LogP contribution in [-0.4, -0.2) is 5.84 Å². The lowest BCUT2D eigenvalue weighted by Gasteiger charge is -2.12. The van der Waals surface area contributed by atoms with Crippen molar-refractivity contribution in [3.63, 3.8) is 0 Å². The van der Waals surface area contributed by atoms with Gasteiger partial charge >= 0.3 is 0 Å². The van der Waals surface area contributed by atoms with Crippen molar-refractivity contribution >= 4 is 22.9 Å². The molecule has 102 valence electrons. The highest BCUT2D eigenvalue weighted by molar-refractivity contribution is 6.06. The Balaban J connectivity index is 2.16. The lowest BCUT2D eigenvalue weighted by molar-refractivity contribution is 0.628. The molecule has 0 amide bonds. The van der Waals surface area contributed by atoms with Crippen molar-refractivity contribution < 1.29 is 4.39 Å². The van der Waals surface area contributed by atoms with Crippen molar-refractivity contribution in [3.8, 4) is 0 Å². The van der Waals surface area contributed by atoms with Crippen LogP contribution in [0.5, 0.6) is 0 Å². The molecule has 0 spiro atoms. The SMILES string of the molecule is CC(C)c1ccc2c(c1)C(N)=Nc1ccc(F)cc1N2. The zero-order valence-electron chi connectivity index (χ0n) is 11.4. The Morgan fingerprint density at radius 2 is 1.90 bits per heavy atom. The van der Waals surface area contributed by atoms with E-state index in [-0.39, 0.29) is 5.82 Å². The summed E-state index contributed by atoms with van der Waals surface area (Å²) in [5.74, 6) is 0.559. The van der Waals surface area contributed by atoms with Gasteiger partial charge in [0.1, 0.15) is 11.7 Å². The standard InChI is InChI=1S/C16H16FN3/c1-9(2)10-3-5-13-12(7-10)16(18)20-14-6-4-11(17)8-15(14)19-13/h3-9,19H,1-2H3,(H2,18,20). The molecule has 0 aliphatic carbocycles. The normalized spacial score (nSPS) is 13.1. The smallest absolute Gasteiger partial charge is 0.133 e. The monoisotopic (exact) mass is 269 g/mol. The molecule has 1 heterocycles. The van der Waals surface area contributed by atoms with Gasteiger partial charge in [-0.2, -0.15) is 0 Å². The quantitative estimate of drug-likeness (QED) is 0.820. The lowest BCUT2D eigenvalue weighted by Crippen LogP contribution is -2.14. The summed E-state index contributed by atoms with van der Waals surface area (Å²) in [6, 6.07) is 10.5. The third-order valence-electron chi connectivity index (χ3n) is 3.46. The predicted octanol–water partition coefficient (Wildman–Crippen LogP) is 4.04. The molecule has 0 unspecified atom stereocenters. The summed E-state index contributed by atoms with van der Waals surface area (Å²) < 4.78 is 13.4.